The van der Waals surface area contributed by atoms with Crippen molar-refractivity contribution in [3.63, 3.8) is 0 Å². The molecule has 0 aromatic heterocycles. The Bertz CT molecular complexity index is 721. The van der Waals surface area contributed by atoms with Crippen LogP contribution in [0.1, 0.15) is 29.5 Å². The largest absolute Gasteiger partial charge is 0.381 e. The average Bonchev–Trinajstić information content (AvgIpc) is 2.61. The topological polar surface area (TPSA) is 38.3 Å². The molecule has 1 fully saturated rings. The Morgan fingerprint density at radius 2 is 1.88 bits per heavy atom. The molecule has 25 heavy (non-hydrogen) atoms. The van der Waals surface area contributed by atoms with Crippen molar-refractivity contribution in [3.05, 3.63) is 71.0 Å². The van der Waals surface area contributed by atoms with Crippen molar-refractivity contribution in [2.75, 3.05) is 19.8 Å². The van der Waals surface area contributed by atoms with Crippen molar-refractivity contribution in [2.45, 2.75) is 31.6 Å². The van der Waals surface area contributed by atoms with Crippen LogP contribution in [-0.2, 0) is 21.4 Å². The van der Waals surface area contributed by atoms with Crippen LogP contribution in [0.15, 0.2) is 48.5 Å². The summed E-state index contributed by atoms with van der Waals surface area (Å²) in [5, 5.41) is 3.09. The molecular weight excluding hydrogens is 317 g/mol. The molecule has 1 amide bonds. The molecule has 0 saturated carbocycles. The fraction of sp³-hybridized carbons (Fsp3) is 0.381. The zero-order chi connectivity index (χ0) is 17.7. The summed E-state index contributed by atoms with van der Waals surface area (Å²) in [6.07, 6.45) is 2.02. The third-order valence-electron chi connectivity index (χ3n) is 4.98. The monoisotopic (exact) mass is 341 g/mol. The van der Waals surface area contributed by atoms with Crippen LogP contribution >= 0.6 is 0 Å². The first kappa shape index (κ1) is 17.6. The van der Waals surface area contributed by atoms with Crippen LogP contribution in [0.3, 0.4) is 0 Å². The summed E-state index contributed by atoms with van der Waals surface area (Å²) < 4.78 is 18.8. The minimum absolute atomic E-state index is 0.0126. The number of hydrogen-bond donors (Lipinski definition) is 1. The molecule has 1 heterocycles. The van der Waals surface area contributed by atoms with Gasteiger partial charge in [0.1, 0.15) is 5.82 Å². The van der Waals surface area contributed by atoms with Crippen molar-refractivity contribution in [1.82, 2.24) is 5.32 Å². The van der Waals surface area contributed by atoms with Crippen LogP contribution in [0.25, 0.3) is 0 Å². The molecule has 2 aromatic carbocycles. The van der Waals surface area contributed by atoms with E-state index in [1.807, 2.05) is 43.3 Å². The molecule has 0 atom stereocenters. The molecule has 1 aliphatic rings. The number of carbonyl (C=O) groups excluding carboxylic acids is 1. The molecule has 0 bridgehead atoms. The van der Waals surface area contributed by atoms with Crippen LogP contribution in [0.2, 0.25) is 0 Å². The lowest BCUT2D eigenvalue weighted by atomic mass is 9.74. The maximum absolute atomic E-state index is 13.3. The van der Waals surface area contributed by atoms with Crippen LogP contribution in [-0.4, -0.2) is 25.7 Å². The second-order valence-corrected chi connectivity index (χ2v) is 6.84. The van der Waals surface area contributed by atoms with Gasteiger partial charge in [-0.3, -0.25) is 4.79 Å². The van der Waals surface area contributed by atoms with Gasteiger partial charge in [0.15, 0.2) is 0 Å². The van der Waals surface area contributed by atoms with Gasteiger partial charge in [0.25, 0.3) is 0 Å². The highest BCUT2D eigenvalue weighted by atomic mass is 19.1. The van der Waals surface area contributed by atoms with Crippen molar-refractivity contribution in [3.8, 4) is 0 Å². The molecule has 3 nitrogen and oxygen atoms in total. The molecule has 1 saturated heterocycles. The van der Waals surface area contributed by atoms with E-state index in [0.29, 0.717) is 26.2 Å². The lowest BCUT2D eigenvalue weighted by molar-refractivity contribution is -0.120. The van der Waals surface area contributed by atoms with Crippen molar-refractivity contribution >= 4 is 5.91 Å². The molecule has 2 aromatic rings. The molecule has 0 spiro atoms. The number of hydrogen-bond acceptors (Lipinski definition) is 2. The number of amides is 1. The normalized spacial score (nSPS) is 16.4. The van der Waals surface area contributed by atoms with Crippen LogP contribution in [0, 0.1) is 12.7 Å². The van der Waals surface area contributed by atoms with Crippen molar-refractivity contribution in [2.24, 2.45) is 0 Å². The number of ether oxygens (including phenoxy) is 1. The third kappa shape index (κ3) is 4.45. The van der Waals surface area contributed by atoms with E-state index >= 15 is 0 Å². The first-order valence-electron chi connectivity index (χ1n) is 8.73. The maximum Gasteiger partial charge on any atom is 0.224 e. The highest BCUT2D eigenvalue weighted by Gasteiger charge is 2.34. The molecular formula is C21H24FNO2. The Kier molecular flexibility index (Phi) is 5.49. The van der Waals surface area contributed by atoms with Crippen molar-refractivity contribution < 1.29 is 13.9 Å². The van der Waals surface area contributed by atoms with Gasteiger partial charge in [-0.15, -0.1) is 0 Å². The number of nitrogens with one attached hydrogen (secondary N) is 1. The zero-order valence-corrected chi connectivity index (χ0v) is 14.6. The summed E-state index contributed by atoms with van der Waals surface area (Å²) in [6.45, 7) is 3.88. The Balaban J connectivity index is 1.68. The van der Waals surface area contributed by atoms with Gasteiger partial charge in [0.05, 0.1) is 6.42 Å². The number of rotatable bonds is 5. The smallest absolute Gasteiger partial charge is 0.224 e. The predicted octanol–water partition coefficient (Wildman–Crippen LogP) is 3.54. The first-order chi connectivity index (χ1) is 12.1. The molecule has 0 radical (unpaired) electrons. The van der Waals surface area contributed by atoms with E-state index in [-0.39, 0.29) is 17.1 Å². The van der Waals surface area contributed by atoms with Gasteiger partial charge >= 0.3 is 0 Å². The molecule has 3 rings (SSSR count). The number of aryl methyl sites for hydroxylation is 1. The van der Waals surface area contributed by atoms with E-state index in [2.05, 4.69) is 5.32 Å². The fourth-order valence-corrected chi connectivity index (χ4v) is 3.47. The molecule has 1 aliphatic heterocycles. The summed E-state index contributed by atoms with van der Waals surface area (Å²) in [4.78, 5) is 12.4. The minimum Gasteiger partial charge on any atom is -0.381 e. The second-order valence-electron chi connectivity index (χ2n) is 6.84. The highest BCUT2D eigenvalue weighted by Crippen LogP contribution is 2.34. The van der Waals surface area contributed by atoms with E-state index in [1.54, 1.807) is 0 Å². The SMILES string of the molecule is Cc1cccc(CC(=O)NCC2(c3ccc(F)cc3)CCOCC2)c1. The minimum atomic E-state index is -0.241. The fourth-order valence-electron chi connectivity index (χ4n) is 3.47. The number of carbonyl (C=O) groups is 1. The van der Waals surface area contributed by atoms with Gasteiger partial charge in [-0.05, 0) is 43.0 Å². The van der Waals surface area contributed by atoms with E-state index < -0.39 is 0 Å². The van der Waals surface area contributed by atoms with Gasteiger partial charge in [0.2, 0.25) is 5.91 Å². The van der Waals surface area contributed by atoms with Gasteiger partial charge < -0.3 is 10.1 Å². The quantitative estimate of drug-likeness (QED) is 0.903. The molecule has 0 aliphatic carbocycles. The maximum atomic E-state index is 13.3. The van der Waals surface area contributed by atoms with Gasteiger partial charge in [-0.1, -0.05) is 42.0 Å². The zero-order valence-electron chi connectivity index (χ0n) is 14.6. The second kappa shape index (κ2) is 7.79. The average molecular weight is 341 g/mol. The first-order valence-corrected chi connectivity index (χ1v) is 8.73. The summed E-state index contributed by atoms with van der Waals surface area (Å²) in [5.74, 6) is -0.229. The van der Waals surface area contributed by atoms with Gasteiger partial charge in [0, 0.05) is 25.2 Å². The number of benzene rings is 2. The molecule has 132 valence electrons. The Morgan fingerprint density at radius 1 is 1.16 bits per heavy atom. The molecule has 0 unspecified atom stereocenters. The standard InChI is InChI=1S/C21H24FNO2/c1-16-3-2-4-17(13-16)14-20(24)23-15-21(9-11-25-12-10-21)18-5-7-19(22)8-6-18/h2-8,13H,9-12,14-15H2,1H3,(H,23,24). The van der Waals surface area contributed by atoms with E-state index in [4.69, 9.17) is 4.74 Å². The molecule has 1 N–H and O–H groups in total. The Hall–Kier alpha value is -2.20. The highest BCUT2D eigenvalue weighted by molar-refractivity contribution is 5.78. The molecule has 4 heteroatoms. The Labute approximate surface area is 148 Å². The Morgan fingerprint density at radius 3 is 2.56 bits per heavy atom. The lowest BCUT2D eigenvalue weighted by Crippen LogP contribution is -2.45. The predicted molar refractivity (Wildman–Crippen MR) is 96.0 cm³/mol. The van der Waals surface area contributed by atoms with E-state index in [1.165, 1.54) is 12.1 Å². The van der Waals surface area contributed by atoms with Crippen LogP contribution < -0.4 is 5.32 Å². The third-order valence-corrected chi connectivity index (χ3v) is 4.98. The lowest BCUT2D eigenvalue weighted by Gasteiger charge is -2.38. The van der Waals surface area contributed by atoms with Crippen LogP contribution in [0.4, 0.5) is 4.39 Å². The van der Waals surface area contributed by atoms with Gasteiger partial charge in [-0.2, -0.15) is 0 Å². The van der Waals surface area contributed by atoms with E-state index in [9.17, 15) is 9.18 Å². The summed E-state index contributed by atoms with van der Waals surface area (Å²) in [7, 11) is 0. The number of halogens is 1. The van der Waals surface area contributed by atoms with Crippen molar-refractivity contribution in [1.29, 1.82) is 0 Å². The summed E-state index contributed by atoms with van der Waals surface area (Å²) in [6, 6.07) is 14.6. The summed E-state index contributed by atoms with van der Waals surface area (Å²) >= 11 is 0. The van der Waals surface area contributed by atoms with Crippen LogP contribution in [0.5, 0.6) is 0 Å². The summed E-state index contributed by atoms with van der Waals surface area (Å²) in [5.41, 5.74) is 3.04. The van der Waals surface area contributed by atoms with Gasteiger partial charge in [-0.25, -0.2) is 4.39 Å². The van der Waals surface area contributed by atoms with E-state index in [0.717, 1.165) is 29.5 Å².